The molecule has 0 saturated heterocycles. The maximum absolute atomic E-state index is 12.2. The van der Waals surface area contributed by atoms with E-state index in [9.17, 15) is 14.9 Å². The van der Waals surface area contributed by atoms with Crippen molar-refractivity contribution in [2.75, 3.05) is 19.0 Å². The molecular weight excluding hydrogens is 440 g/mol. The molecule has 0 aliphatic carbocycles. The van der Waals surface area contributed by atoms with Crippen LogP contribution in [0.5, 0.6) is 11.5 Å². The monoisotopic (exact) mass is 464 g/mol. The largest absolute Gasteiger partial charge is 0.495 e. The molecule has 0 bridgehead atoms. The molecule has 0 saturated carbocycles. The Morgan fingerprint density at radius 3 is 2.45 bits per heavy atom. The van der Waals surface area contributed by atoms with Crippen LogP contribution in [0.25, 0.3) is 0 Å². The van der Waals surface area contributed by atoms with Gasteiger partial charge in [-0.2, -0.15) is 0 Å². The summed E-state index contributed by atoms with van der Waals surface area (Å²) in [7, 11) is 1.44. The fraction of sp³-hybridized carbons (Fsp3) is 0.381. The van der Waals surface area contributed by atoms with Gasteiger partial charge in [-0.15, -0.1) is 0 Å². The van der Waals surface area contributed by atoms with Crippen molar-refractivity contribution in [1.82, 2.24) is 0 Å². The molecule has 29 heavy (non-hydrogen) atoms. The van der Waals surface area contributed by atoms with Gasteiger partial charge in [0.25, 0.3) is 5.69 Å². The van der Waals surface area contributed by atoms with E-state index in [1.807, 2.05) is 18.2 Å². The summed E-state index contributed by atoms with van der Waals surface area (Å²) in [5.74, 6) is 0.816. The molecule has 8 heteroatoms. The van der Waals surface area contributed by atoms with Crippen molar-refractivity contribution in [2.24, 2.45) is 0 Å². The van der Waals surface area contributed by atoms with Crippen LogP contribution >= 0.6 is 15.9 Å². The molecule has 2 aromatic carbocycles. The van der Waals surface area contributed by atoms with E-state index in [4.69, 9.17) is 9.47 Å². The van der Waals surface area contributed by atoms with E-state index in [2.05, 4.69) is 42.0 Å². The third kappa shape index (κ3) is 6.45. The van der Waals surface area contributed by atoms with Gasteiger partial charge in [-0.05, 0) is 51.5 Å². The van der Waals surface area contributed by atoms with Crippen LogP contribution in [0.1, 0.15) is 39.2 Å². The molecule has 0 atom stereocenters. The van der Waals surface area contributed by atoms with Crippen LogP contribution < -0.4 is 14.8 Å². The van der Waals surface area contributed by atoms with E-state index in [0.717, 1.165) is 10.2 Å². The van der Waals surface area contributed by atoms with Gasteiger partial charge in [-0.3, -0.25) is 14.9 Å². The average molecular weight is 465 g/mol. The van der Waals surface area contributed by atoms with E-state index in [1.54, 1.807) is 0 Å². The van der Waals surface area contributed by atoms with Crippen LogP contribution in [-0.4, -0.2) is 24.5 Å². The van der Waals surface area contributed by atoms with Gasteiger partial charge in [0.05, 0.1) is 28.8 Å². The first kappa shape index (κ1) is 22.7. The summed E-state index contributed by atoms with van der Waals surface area (Å²) in [6.45, 7) is 6.80. The molecule has 0 aromatic heterocycles. The van der Waals surface area contributed by atoms with Gasteiger partial charge < -0.3 is 14.8 Å². The van der Waals surface area contributed by atoms with Crippen LogP contribution in [0.3, 0.4) is 0 Å². The number of halogens is 1. The van der Waals surface area contributed by atoms with Crippen LogP contribution in [0.4, 0.5) is 11.4 Å². The minimum atomic E-state index is -0.522. The maximum Gasteiger partial charge on any atom is 0.271 e. The number of non-ortho nitro benzene ring substituents is 1. The predicted molar refractivity (Wildman–Crippen MR) is 116 cm³/mol. The molecule has 2 aromatic rings. The van der Waals surface area contributed by atoms with Gasteiger partial charge in [0.15, 0.2) is 0 Å². The Balaban J connectivity index is 1.88. The number of ether oxygens (including phenoxy) is 2. The molecular formula is C21H25BrN2O5. The number of hydrogen-bond donors (Lipinski definition) is 1. The van der Waals surface area contributed by atoms with Gasteiger partial charge in [0.1, 0.15) is 11.5 Å². The third-order valence-electron chi connectivity index (χ3n) is 4.27. The summed E-state index contributed by atoms with van der Waals surface area (Å²) in [5.41, 5.74) is 1.40. The number of hydrogen-bond acceptors (Lipinski definition) is 5. The van der Waals surface area contributed by atoms with E-state index in [1.165, 1.54) is 30.9 Å². The van der Waals surface area contributed by atoms with Gasteiger partial charge in [-0.25, -0.2) is 0 Å². The predicted octanol–water partition coefficient (Wildman–Crippen LogP) is 5.46. The highest BCUT2D eigenvalue weighted by molar-refractivity contribution is 9.10. The second-order valence-electron chi connectivity index (χ2n) is 7.54. The Hall–Kier alpha value is -2.61. The van der Waals surface area contributed by atoms with Gasteiger partial charge in [0, 0.05) is 18.6 Å². The zero-order valence-corrected chi connectivity index (χ0v) is 18.5. The zero-order valence-electron chi connectivity index (χ0n) is 17.0. The molecule has 0 spiro atoms. The van der Waals surface area contributed by atoms with Crippen molar-refractivity contribution < 1.29 is 19.2 Å². The first-order valence-electron chi connectivity index (χ1n) is 9.17. The number of benzene rings is 2. The van der Waals surface area contributed by atoms with Crippen LogP contribution in [0.2, 0.25) is 0 Å². The number of rotatable bonds is 8. The SMILES string of the molecule is COc1ccc([N+](=O)[O-])cc1NC(=O)CCCOc1ccc(C(C)(C)C)cc1Br. The Kier molecular flexibility index (Phi) is 7.61. The molecule has 156 valence electrons. The lowest BCUT2D eigenvalue weighted by molar-refractivity contribution is -0.384. The van der Waals surface area contributed by atoms with Crippen molar-refractivity contribution >= 4 is 33.2 Å². The molecule has 0 unspecified atom stereocenters. The van der Waals surface area contributed by atoms with Gasteiger partial charge >= 0.3 is 0 Å². The minimum absolute atomic E-state index is 0.0483. The summed E-state index contributed by atoms with van der Waals surface area (Å²) in [4.78, 5) is 22.6. The van der Waals surface area contributed by atoms with Crippen LogP contribution in [-0.2, 0) is 10.2 Å². The number of amides is 1. The second-order valence-corrected chi connectivity index (χ2v) is 8.39. The number of nitrogens with one attached hydrogen (secondary N) is 1. The topological polar surface area (TPSA) is 90.7 Å². The van der Waals surface area contributed by atoms with Gasteiger partial charge in [0.2, 0.25) is 5.91 Å². The van der Waals surface area contributed by atoms with Crippen LogP contribution in [0, 0.1) is 10.1 Å². The van der Waals surface area contributed by atoms with Crippen molar-refractivity contribution in [2.45, 2.75) is 39.0 Å². The molecule has 2 rings (SSSR count). The van der Waals surface area contributed by atoms with E-state index in [0.29, 0.717) is 18.8 Å². The first-order chi connectivity index (χ1) is 13.6. The number of methoxy groups -OCH3 is 1. The maximum atomic E-state index is 12.2. The summed E-state index contributed by atoms with van der Waals surface area (Å²) in [6.07, 6.45) is 0.708. The van der Waals surface area contributed by atoms with E-state index >= 15 is 0 Å². The molecule has 0 fully saturated rings. The average Bonchev–Trinajstić information content (AvgIpc) is 2.65. The number of carbonyl (C=O) groups excluding carboxylic acids is 1. The first-order valence-corrected chi connectivity index (χ1v) is 9.96. The standard InChI is InChI=1S/C21H25BrN2O5/c1-21(2,3)14-7-9-18(16(22)12-14)29-11-5-6-20(25)23-17-13-15(24(26)27)8-10-19(17)28-4/h7-10,12-13H,5-6,11H2,1-4H3,(H,23,25). The van der Waals surface area contributed by atoms with Crippen molar-refractivity contribution in [3.63, 3.8) is 0 Å². The zero-order chi connectivity index (χ0) is 21.6. The molecule has 1 amide bonds. The van der Waals surface area contributed by atoms with Crippen molar-refractivity contribution in [3.8, 4) is 11.5 Å². The van der Waals surface area contributed by atoms with E-state index in [-0.39, 0.29) is 29.1 Å². The highest BCUT2D eigenvalue weighted by Crippen LogP contribution is 2.32. The fourth-order valence-corrected chi connectivity index (χ4v) is 3.11. The number of nitro groups is 1. The quantitative estimate of drug-likeness (QED) is 0.318. The summed E-state index contributed by atoms with van der Waals surface area (Å²) < 4.78 is 11.8. The number of nitro benzene ring substituents is 1. The van der Waals surface area contributed by atoms with Crippen LogP contribution in [0.15, 0.2) is 40.9 Å². The lowest BCUT2D eigenvalue weighted by Gasteiger charge is -2.20. The molecule has 0 aliphatic rings. The lowest BCUT2D eigenvalue weighted by Crippen LogP contribution is -2.14. The molecule has 0 radical (unpaired) electrons. The number of anilines is 1. The molecule has 1 N–H and O–H groups in total. The summed E-state index contributed by atoms with van der Waals surface area (Å²) >= 11 is 3.53. The smallest absolute Gasteiger partial charge is 0.271 e. The highest BCUT2D eigenvalue weighted by atomic mass is 79.9. The summed E-state index contributed by atoms with van der Waals surface area (Å²) in [6, 6.07) is 10.0. The molecule has 7 nitrogen and oxygen atoms in total. The Labute approximate surface area is 178 Å². The lowest BCUT2D eigenvalue weighted by atomic mass is 9.87. The number of carbonyl (C=O) groups is 1. The Bertz CT molecular complexity index is 893. The Morgan fingerprint density at radius 2 is 1.86 bits per heavy atom. The minimum Gasteiger partial charge on any atom is -0.495 e. The molecule has 0 heterocycles. The van der Waals surface area contributed by atoms with Crippen molar-refractivity contribution in [3.05, 3.63) is 56.5 Å². The Morgan fingerprint density at radius 1 is 1.17 bits per heavy atom. The second kappa shape index (κ2) is 9.73. The van der Waals surface area contributed by atoms with Gasteiger partial charge in [-0.1, -0.05) is 26.8 Å². The fourth-order valence-electron chi connectivity index (χ4n) is 2.62. The number of nitrogens with zero attached hydrogens (tertiary/aromatic N) is 1. The van der Waals surface area contributed by atoms with E-state index < -0.39 is 4.92 Å². The summed E-state index contributed by atoms with van der Waals surface area (Å²) in [5, 5.41) is 13.6. The highest BCUT2D eigenvalue weighted by Gasteiger charge is 2.16. The molecule has 0 aliphatic heterocycles. The third-order valence-corrected chi connectivity index (χ3v) is 4.89. The normalized spacial score (nSPS) is 11.1. The van der Waals surface area contributed by atoms with Crippen molar-refractivity contribution in [1.29, 1.82) is 0 Å².